The molecule has 2 rings (SSSR count). The molecule has 1 atom stereocenters. The van der Waals surface area contributed by atoms with Crippen LogP contribution < -0.4 is 0 Å². The van der Waals surface area contributed by atoms with E-state index >= 15 is 0 Å². The van der Waals surface area contributed by atoms with Crippen molar-refractivity contribution < 1.29 is 15.3 Å². The second kappa shape index (κ2) is 4.78. The molecule has 0 aromatic heterocycles. The van der Waals surface area contributed by atoms with Crippen LogP contribution in [-0.2, 0) is 0 Å². The van der Waals surface area contributed by atoms with Gasteiger partial charge in [0.1, 0.15) is 11.5 Å². The fourth-order valence-electron chi connectivity index (χ4n) is 1.74. The average Bonchev–Trinajstić information content (AvgIpc) is 2.27. The van der Waals surface area contributed by atoms with Crippen molar-refractivity contribution in [1.82, 2.24) is 0 Å². The first-order valence-corrected chi connectivity index (χ1v) is 5.41. The van der Waals surface area contributed by atoms with E-state index in [9.17, 15) is 10.2 Å². The molecule has 3 nitrogen and oxygen atoms in total. The molecule has 1 unspecified atom stereocenters. The lowest BCUT2D eigenvalue weighted by Gasteiger charge is -2.12. The van der Waals surface area contributed by atoms with E-state index in [1.54, 1.807) is 30.3 Å². The summed E-state index contributed by atoms with van der Waals surface area (Å²) in [6.45, 7) is 0. The van der Waals surface area contributed by atoms with E-state index in [1.165, 1.54) is 6.08 Å². The second-order valence-electron chi connectivity index (χ2n) is 4.05. The van der Waals surface area contributed by atoms with Crippen LogP contribution in [0.15, 0.2) is 54.0 Å². The first kappa shape index (κ1) is 11.3. The molecule has 0 amide bonds. The van der Waals surface area contributed by atoms with Crippen LogP contribution in [0.5, 0.6) is 5.75 Å². The predicted molar refractivity (Wildman–Crippen MR) is 66.7 cm³/mol. The average molecular weight is 230 g/mol. The van der Waals surface area contributed by atoms with Crippen molar-refractivity contribution in [3.05, 3.63) is 59.6 Å². The highest BCUT2D eigenvalue weighted by atomic mass is 16.3. The van der Waals surface area contributed by atoms with Gasteiger partial charge in [-0.15, -0.1) is 0 Å². The molecule has 0 saturated heterocycles. The minimum absolute atomic E-state index is 0.00574. The fourth-order valence-corrected chi connectivity index (χ4v) is 1.74. The predicted octanol–water partition coefficient (Wildman–Crippen LogP) is 3.31. The molecule has 0 saturated carbocycles. The molecule has 1 aliphatic rings. The lowest BCUT2D eigenvalue weighted by Crippen LogP contribution is -2.01. The number of aliphatic hydroxyl groups is 2. The van der Waals surface area contributed by atoms with Crippen LogP contribution in [-0.4, -0.2) is 15.3 Å². The van der Waals surface area contributed by atoms with Gasteiger partial charge in [-0.3, -0.25) is 0 Å². The highest BCUT2D eigenvalue weighted by molar-refractivity contribution is 5.51. The standard InChI is InChI=1S/C14H14O3/c15-12-5-3-10(4-6-12)1-2-11-7-13(16)9-14(17)8-11/h1-7,9,11,15-17H,8H2. The molecule has 3 heteroatoms. The maximum absolute atomic E-state index is 9.38. The van der Waals surface area contributed by atoms with Crippen molar-refractivity contribution >= 4 is 6.08 Å². The zero-order chi connectivity index (χ0) is 12.3. The molecule has 1 aromatic carbocycles. The van der Waals surface area contributed by atoms with Crippen LogP contribution in [0.4, 0.5) is 0 Å². The molecular formula is C14H14O3. The van der Waals surface area contributed by atoms with E-state index < -0.39 is 0 Å². The van der Waals surface area contributed by atoms with Gasteiger partial charge in [-0.05, 0) is 23.8 Å². The molecule has 0 spiro atoms. The van der Waals surface area contributed by atoms with Gasteiger partial charge >= 0.3 is 0 Å². The number of benzene rings is 1. The van der Waals surface area contributed by atoms with Gasteiger partial charge in [0, 0.05) is 18.4 Å². The van der Waals surface area contributed by atoms with E-state index in [-0.39, 0.29) is 23.2 Å². The Kier molecular flexibility index (Phi) is 3.19. The molecule has 0 radical (unpaired) electrons. The summed E-state index contributed by atoms with van der Waals surface area (Å²) in [4.78, 5) is 0. The van der Waals surface area contributed by atoms with Gasteiger partial charge in [-0.25, -0.2) is 0 Å². The normalized spacial score (nSPS) is 20.1. The van der Waals surface area contributed by atoms with Crippen LogP contribution in [0.3, 0.4) is 0 Å². The van der Waals surface area contributed by atoms with E-state index in [0.717, 1.165) is 5.56 Å². The largest absolute Gasteiger partial charge is 0.512 e. The molecular weight excluding hydrogens is 216 g/mol. The lowest BCUT2D eigenvalue weighted by molar-refractivity contribution is 0.351. The first-order chi connectivity index (χ1) is 8.13. The molecule has 0 heterocycles. The van der Waals surface area contributed by atoms with E-state index in [1.807, 2.05) is 12.2 Å². The Hall–Kier alpha value is -2.16. The molecule has 17 heavy (non-hydrogen) atoms. The Balaban J connectivity index is 2.07. The van der Waals surface area contributed by atoms with Crippen molar-refractivity contribution in [3.63, 3.8) is 0 Å². The first-order valence-electron chi connectivity index (χ1n) is 5.41. The molecule has 0 aliphatic heterocycles. The number of hydrogen-bond donors (Lipinski definition) is 3. The maximum atomic E-state index is 9.38. The third-order valence-electron chi connectivity index (χ3n) is 2.57. The van der Waals surface area contributed by atoms with Crippen LogP contribution >= 0.6 is 0 Å². The highest BCUT2D eigenvalue weighted by Crippen LogP contribution is 2.22. The number of aromatic hydroxyl groups is 1. The number of allylic oxidation sites excluding steroid dienone is 4. The van der Waals surface area contributed by atoms with Gasteiger partial charge < -0.3 is 15.3 Å². The Morgan fingerprint density at radius 1 is 1.06 bits per heavy atom. The van der Waals surface area contributed by atoms with Gasteiger partial charge in [0.15, 0.2) is 0 Å². The summed E-state index contributed by atoms with van der Waals surface area (Å²) in [6.07, 6.45) is 7.35. The van der Waals surface area contributed by atoms with Gasteiger partial charge in [0.2, 0.25) is 0 Å². The van der Waals surface area contributed by atoms with Gasteiger partial charge in [0.25, 0.3) is 0 Å². The lowest BCUT2D eigenvalue weighted by atomic mass is 9.97. The van der Waals surface area contributed by atoms with Crippen LogP contribution in [0.25, 0.3) is 6.08 Å². The number of hydrogen-bond acceptors (Lipinski definition) is 3. The zero-order valence-electron chi connectivity index (χ0n) is 9.24. The van der Waals surface area contributed by atoms with Gasteiger partial charge in [-0.1, -0.05) is 24.3 Å². The van der Waals surface area contributed by atoms with Crippen LogP contribution in [0.1, 0.15) is 12.0 Å². The van der Waals surface area contributed by atoms with Crippen LogP contribution in [0.2, 0.25) is 0 Å². The molecule has 88 valence electrons. The molecule has 3 N–H and O–H groups in total. The Morgan fingerprint density at radius 3 is 2.41 bits per heavy atom. The van der Waals surface area contributed by atoms with E-state index in [2.05, 4.69) is 0 Å². The monoisotopic (exact) mass is 230 g/mol. The van der Waals surface area contributed by atoms with E-state index in [4.69, 9.17) is 5.11 Å². The summed E-state index contributed by atoms with van der Waals surface area (Å²) in [7, 11) is 0. The third kappa shape index (κ3) is 3.14. The number of rotatable bonds is 2. The second-order valence-corrected chi connectivity index (χ2v) is 4.05. The molecule has 1 aromatic rings. The van der Waals surface area contributed by atoms with Crippen molar-refractivity contribution in [2.75, 3.05) is 0 Å². The number of aliphatic hydroxyl groups excluding tert-OH is 2. The molecule has 0 fully saturated rings. The Labute approximate surface area is 99.7 Å². The Morgan fingerprint density at radius 2 is 1.76 bits per heavy atom. The smallest absolute Gasteiger partial charge is 0.115 e. The minimum atomic E-state index is -0.00574. The van der Waals surface area contributed by atoms with Gasteiger partial charge in [0.05, 0.1) is 5.76 Å². The quantitative estimate of drug-likeness (QED) is 0.730. The van der Waals surface area contributed by atoms with Gasteiger partial charge in [-0.2, -0.15) is 0 Å². The van der Waals surface area contributed by atoms with Crippen molar-refractivity contribution in [2.45, 2.75) is 6.42 Å². The topological polar surface area (TPSA) is 60.7 Å². The minimum Gasteiger partial charge on any atom is -0.512 e. The van der Waals surface area contributed by atoms with Crippen LogP contribution in [0, 0.1) is 5.92 Å². The zero-order valence-corrected chi connectivity index (χ0v) is 9.24. The van der Waals surface area contributed by atoms with Crippen molar-refractivity contribution in [2.24, 2.45) is 5.92 Å². The third-order valence-corrected chi connectivity index (χ3v) is 2.57. The summed E-state index contributed by atoms with van der Waals surface area (Å²) in [5.74, 6) is 0.506. The number of phenols is 1. The fraction of sp³-hybridized carbons (Fsp3) is 0.143. The summed E-state index contributed by atoms with van der Waals surface area (Å²) in [6, 6.07) is 6.83. The maximum Gasteiger partial charge on any atom is 0.115 e. The van der Waals surface area contributed by atoms with Crippen molar-refractivity contribution in [1.29, 1.82) is 0 Å². The summed E-state index contributed by atoms with van der Waals surface area (Å²) < 4.78 is 0. The molecule has 0 bridgehead atoms. The van der Waals surface area contributed by atoms with Crippen molar-refractivity contribution in [3.8, 4) is 5.75 Å². The summed E-state index contributed by atoms with van der Waals surface area (Å²) >= 11 is 0. The summed E-state index contributed by atoms with van der Waals surface area (Å²) in [5.41, 5.74) is 0.963. The number of phenolic OH excluding ortho intramolecular Hbond substituents is 1. The summed E-state index contributed by atoms with van der Waals surface area (Å²) in [5, 5.41) is 27.9. The van der Waals surface area contributed by atoms with E-state index in [0.29, 0.717) is 6.42 Å². The SMILES string of the molecule is OC1=CC(C=Cc2ccc(O)cc2)CC(O)=C1. The highest BCUT2D eigenvalue weighted by Gasteiger charge is 2.11. The Bertz CT molecular complexity index is 481. The molecule has 1 aliphatic carbocycles.